The number of esters is 1. The summed E-state index contributed by atoms with van der Waals surface area (Å²) in [6.45, 7) is 0. The summed E-state index contributed by atoms with van der Waals surface area (Å²) in [5.74, 6) is -0.174. The number of methoxy groups -OCH3 is 1. The molecule has 1 aliphatic rings. The van der Waals surface area contributed by atoms with Gasteiger partial charge in [0, 0.05) is 2.02 Å². The molecular formula is C6H6I2O2. The van der Waals surface area contributed by atoms with Gasteiger partial charge in [-0.15, -0.1) is 0 Å². The highest BCUT2D eigenvalue weighted by Crippen LogP contribution is 2.15. The fourth-order valence-electron chi connectivity index (χ4n) is 0.442. The predicted octanol–water partition coefficient (Wildman–Crippen LogP) is 1.56. The van der Waals surface area contributed by atoms with Crippen LogP contribution in [0, 0.1) is 0 Å². The molecule has 0 radical (unpaired) electrons. The first kappa shape index (κ1) is 8.51. The van der Waals surface area contributed by atoms with Gasteiger partial charge in [0.25, 0.3) is 0 Å². The molecule has 4 heteroatoms. The Morgan fingerprint density at radius 2 is 2.40 bits per heavy atom. The largest absolute Gasteiger partial charge is 0.465 e. The average Bonchev–Trinajstić information content (AvgIpc) is 2.05. The second kappa shape index (κ2) is 4.32. The van der Waals surface area contributed by atoms with Crippen LogP contribution >= 0.6 is 41.5 Å². The van der Waals surface area contributed by atoms with E-state index in [0.29, 0.717) is 0 Å². The molecule has 0 spiro atoms. The Morgan fingerprint density at radius 3 is 2.90 bits per heavy atom. The van der Waals surface area contributed by atoms with E-state index in [1.54, 1.807) is 0 Å². The molecule has 0 N–H and O–H groups in total. The molecule has 0 fully saturated rings. The Bertz CT molecular complexity index is 228. The van der Waals surface area contributed by atoms with Crippen molar-refractivity contribution in [2.24, 2.45) is 0 Å². The Balaban J connectivity index is 2.74. The van der Waals surface area contributed by atoms with E-state index in [-0.39, 0.29) is 47.4 Å². The third-order valence-corrected chi connectivity index (χ3v) is 7.13. The van der Waals surface area contributed by atoms with Crippen molar-refractivity contribution in [3.63, 3.8) is 0 Å². The first-order valence-corrected chi connectivity index (χ1v) is 7.50. The van der Waals surface area contributed by atoms with Gasteiger partial charge in [0.1, 0.15) is 0 Å². The third-order valence-electron chi connectivity index (χ3n) is 0.877. The van der Waals surface area contributed by atoms with Gasteiger partial charge in [-0.05, 0) is 8.09 Å². The van der Waals surface area contributed by atoms with Gasteiger partial charge in [-0.3, -0.25) is 0 Å². The molecule has 0 aromatic rings. The maximum atomic E-state index is 10.9. The predicted molar refractivity (Wildman–Crippen MR) is 60.3 cm³/mol. The highest BCUT2D eigenvalue weighted by molar-refractivity contribution is 14.3. The maximum absolute atomic E-state index is 10.9. The second-order valence-corrected chi connectivity index (χ2v) is 7.81. The van der Waals surface area contributed by atoms with Crippen LogP contribution in [0.4, 0.5) is 0 Å². The fourth-order valence-corrected chi connectivity index (χ4v) is 6.08. The lowest BCUT2D eigenvalue weighted by molar-refractivity contribution is -0.135. The zero-order chi connectivity index (χ0) is 7.40. The molecule has 1 rings (SSSR count). The average molecular weight is 364 g/mol. The Labute approximate surface area is 79.1 Å². The van der Waals surface area contributed by atoms with E-state index in [4.69, 9.17) is 0 Å². The van der Waals surface area contributed by atoms with Crippen LogP contribution in [0.25, 0.3) is 0 Å². The molecule has 0 aliphatic carbocycles. The fraction of sp³-hybridized carbons (Fsp3) is 0.167. The smallest absolute Gasteiger partial charge is 0.338 e. The lowest BCUT2D eigenvalue weighted by Crippen LogP contribution is -2.04. The van der Waals surface area contributed by atoms with Crippen molar-refractivity contribution in [2.75, 3.05) is 7.11 Å². The number of halogens is 2. The van der Waals surface area contributed by atoms with Crippen LogP contribution in [0.1, 0.15) is 0 Å². The molecule has 10 heavy (non-hydrogen) atoms. The Kier molecular flexibility index (Phi) is 3.68. The van der Waals surface area contributed by atoms with Crippen LogP contribution in [0.3, 0.4) is 0 Å². The summed E-state index contributed by atoms with van der Waals surface area (Å²) < 4.78 is 10.9. The molecule has 1 aliphatic heterocycles. The van der Waals surface area contributed by atoms with Crippen LogP contribution in [0.2, 0.25) is 0 Å². The van der Waals surface area contributed by atoms with Gasteiger partial charge in [-0.2, -0.15) is 0 Å². The molecule has 0 amide bonds. The van der Waals surface area contributed by atoms with Gasteiger partial charge in [-0.1, -0.05) is 41.5 Å². The highest BCUT2D eigenvalue weighted by atomic mass is 127. The monoisotopic (exact) mass is 364 g/mol. The molecule has 2 nitrogen and oxygen atoms in total. The second-order valence-electron chi connectivity index (χ2n) is 1.50. The van der Waals surface area contributed by atoms with Crippen molar-refractivity contribution in [1.29, 1.82) is 0 Å². The van der Waals surface area contributed by atoms with Crippen LogP contribution in [0.15, 0.2) is 9.66 Å². The van der Waals surface area contributed by atoms with Crippen LogP contribution in [0.5, 0.6) is 0 Å². The van der Waals surface area contributed by atoms with Gasteiger partial charge >= 0.3 is 5.97 Å². The van der Waals surface area contributed by atoms with Gasteiger partial charge < -0.3 is 4.74 Å². The lowest BCUT2D eigenvalue weighted by Gasteiger charge is -1.98. The molecule has 0 aromatic carbocycles. The minimum atomic E-state index is -0.174. The number of hydrogen-bond donors (Lipinski definition) is 0. The van der Waals surface area contributed by atoms with E-state index in [1.807, 2.05) is 8.09 Å². The number of ether oxygens (including phenoxy) is 1. The number of carbonyl (C=O) groups is 1. The Hall–Kier alpha value is 0.410. The summed E-state index contributed by atoms with van der Waals surface area (Å²) in [7, 11) is 1.42. The highest BCUT2D eigenvalue weighted by Gasteiger charge is 2.05. The molecule has 0 saturated heterocycles. The van der Waals surface area contributed by atoms with E-state index in [1.165, 1.54) is 7.11 Å². The molecule has 0 saturated carbocycles. The van der Waals surface area contributed by atoms with Crippen molar-refractivity contribution < 1.29 is 9.53 Å². The molecule has 0 bridgehead atoms. The van der Waals surface area contributed by atoms with Crippen molar-refractivity contribution >= 4 is 53.5 Å². The summed E-state index contributed by atoms with van der Waals surface area (Å²) >= 11 is 0.129. The van der Waals surface area contributed by atoms with Gasteiger partial charge in [0.15, 0.2) is 0 Å². The first-order chi connectivity index (χ1) is 4.84. The minimum Gasteiger partial charge on any atom is -0.465 e. The standard InChI is InChI=1S/C6H6I2O2/c1-10-6(9)5-2-7-4-8-3-5/h2-4H,1H3. The maximum Gasteiger partial charge on any atom is 0.338 e. The first-order valence-electron chi connectivity index (χ1n) is 2.52. The zero-order valence-electron chi connectivity index (χ0n) is 5.30. The molecule has 0 aromatic heterocycles. The Morgan fingerprint density at radius 1 is 1.60 bits per heavy atom. The van der Waals surface area contributed by atoms with Gasteiger partial charge in [0.2, 0.25) is 0 Å². The third kappa shape index (κ3) is 2.22. The topological polar surface area (TPSA) is 26.3 Å². The molecule has 0 atom stereocenters. The number of carbonyl (C=O) groups excluding carboxylic acids is 1. The molecule has 0 unspecified atom stereocenters. The van der Waals surface area contributed by atoms with Gasteiger partial charge in [0.05, 0.1) is 12.7 Å². The quantitative estimate of drug-likeness (QED) is 0.522. The summed E-state index contributed by atoms with van der Waals surface area (Å²) in [4.78, 5) is 10.9. The van der Waals surface area contributed by atoms with E-state index in [2.05, 4.69) is 6.76 Å². The van der Waals surface area contributed by atoms with E-state index < -0.39 is 0 Å². The van der Waals surface area contributed by atoms with E-state index in [0.717, 1.165) is 5.57 Å². The van der Waals surface area contributed by atoms with Gasteiger partial charge in [-0.25, -0.2) is 4.79 Å². The zero-order valence-corrected chi connectivity index (χ0v) is 9.62. The minimum absolute atomic E-state index is 0.0646. The van der Waals surface area contributed by atoms with Crippen molar-refractivity contribution in [3.8, 4) is 0 Å². The van der Waals surface area contributed by atoms with Crippen molar-refractivity contribution in [1.82, 2.24) is 0 Å². The SMILES string of the molecule is COC(=O)C1=CI=CI=C1. The summed E-state index contributed by atoms with van der Waals surface area (Å²) in [5.41, 5.74) is 0.797. The van der Waals surface area contributed by atoms with Crippen LogP contribution in [-0.4, -0.2) is 19.1 Å². The van der Waals surface area contributed by atoms with Crippen molar-refractivity contribution in [3.05, 3.63) is 9.66 Å². The van der Waals surface area contributed by atoms with Crippen LogP contribution < -0.4 is 0 Å². The normalized spacial score (nSPS) is 16.3. The van der Waals surface area contributed by atoms with Crippen molar-refractivity contribution in [2.45, 2.75) is 0 Å². The molecule has 1 heterocycles. The number of hydrogen-bond acceptors (Lipinski definition) is 2. The van der Waals surface area contributed by atoms with Crippen LogP contribution in [-0.2, 0) is 9.53 Å². The molecule has 56 valence electrons. The summed E-state index contributed by atoms with van der Waals surface area (Å²) in [6.07, 6.45) is 0. The lowest BCUT2D eigenvalue weighted by atomic mass is 10.4. The number of rotatable bonds is 1. The summed E-state index contributed by atoms with van der Waals surface area (Å²) in [6, 6.07) is 0. The summed E-state index contributed by atoms with van der Waals surface area (Å²) in [5, 5.41) is 0. The van der Waals surface area contributed by atoms with E-state index >= 15 is 0 Å². The van der Waals surface area contributed by atoms with E-state index in [9.17, 15) is 4.79 Å². The molecular weight excluding hydrogens is 358 g/mol.